The van der Waals surface area contributed by atoms with E-state index >= 15 is 0 Å². The second kappa shape index (κ2) is 11.7. The van der Waals surface area contributed by atoms with Crippen molar-refractivity contribution >= 4 is 0 Å². The molecular formula is C7H16N2O2. The molecule has 0 fully saturated rings. The molecule has 1 rings (SSSR count). The summed E-state index contributed by atoms with van der Waals surface area (Å²) < 4.78 is 4.03. The summed E-state index contributed by atoms with van der Waals surface area (Å²) in [5, 5.41) is 5.04. The van der Waals surface area contributed by atoms with Crippen LogP contribution in [0.3, 0.4) is 0 Å². The van der Waals surface area contributed by atoms with Gasteiger partial charge < -0.3 is 0 Å². The summed E-state index contributed by atoms with van der Waals surface area (Å²) in [6.45, 7) is 8.25. The molecule has 66 valence electrons. The van der Waals surface area contributed by atoms with Crippen molar-refractivity contribution in [2.24, 2.45) is 0 Å². The Kier molecular flexibility index (Phi) is 13.4. The molecule has 0 unspecified atom stereocenters. The first-order valence-corrected chi connectivity index (χ1v) is 3.80. The Morgan fingerprint density at radius 2 is 2.00 bits per heavy atom. The van der Waals surface area contributed by atoms with Gasteiger partial charge in [-0.15, -0.1) is 0 Å². The topological polar surface area (TPSA) is 58.9 Å². The van der Waals surface area contributed by atoms with Crippen LogP contribution < -0.4 is 5.56 Å². The molecular weight excluding hydrogens is 144 g/mol. The molecule has 0 radical (unpaired) electrons. The van der Waals surface area contributed by atoms with Gasteiger partial charge in [-0.1, -0.05) is 39.3 Å². The van der Waals surface area contributed by atoms with Gasteiger partial charge in [0.25, 0.3) is 0 Å². The Morgan fingerprint density at radius 3 is 2.09 bits per heavy atom. The SMILES string of the molecule is CC.CCC.O=c1cno[nH]1. The molecule has 0 aliphatic carbocycles. The molecule has 0 saturated carbocycles. The molecule has 0 spiro atoms. The number of nitrogens with zero attached hydrogens (tertiary/aromatic N) is 1. The van der Waals surface area contributed by atoms with Crippen LogP contribution in [0.25, 0.3) is 0 Å². The summed E-state index contributed by atoms with van der Waals surface area (Å²) in [4.78, 5) is 9.86. The minimum absolute atomic E-state index is 0.310. The molecule has 0 amide bonds. The van der Waals surface area contributed by atoms with Gasteiger partial charge in [0.2, 0.25) is 0 Å². The number of aromatic nitrogens is 2. The van der Waals surface area contributed by atoms with Crippen LogP contribution in [0.1, 0.15) is 34.1 Å². The van der Waals surface area contributed by atoms with Gasteiger partial charge in [-0.3, -0.25) is 9.42 Å². The molecule has 1 N–H and O–H groups in total. The average molecular weight is 160 g/mol. The van der Waals surface area contributed by atoms with E-state index in [1.165, 1.54) is 6.42 Å². The van der Waals surface area contributed by atoms with E-state index < -0.39 is 0 Å². The minimum Gasteiger partial charge on any atom is -0.267 e. The fourth-order valence-electron chi connectivity index (χ4n) is 0.172. The lowest BCUT2D eigenvalue weighted by Gasteiger charge is -1.50. The predicted octanol–water partition coefficient (Wildman–Crippen LogP) is 1.81. The standard InChI is InChI=1S/C3H8.C2H2N2O2.C2H6/c1-3-2;5-2-1-3-6-4-2;1-2/h3H2,1-2H3;1H,(H,4,5);1-2H3. The Hall–Kier alpha value is -1.06. The van der Waals surface area contributed by atoms with E-state index in [0.29, 0.717) is 0 Å². The fraction of sp³-hybridized carbons (Fsp3) is 0.714. The van der Waals surface area contributed by atoms with E-state index in [0.717, 1.165) is 6.20 Å². The molecule has 0 bridgehead atoms. The van der Waals surface area contributed by atoms with Crippen molar-refractivity contribution in [3.63, 3.8) is 0 Å². The first kappa shape index (κ1) is 12.6. The van der Waals surface area contributed by atoms with Crippen molar-refractivity contribution in [2.75, 3.05) is 0 Å². The van der Waals surface area contributed by atoms with Crippen LogP contribution >= 0.6 is 0 Å². The molecule has 1 aromatic rings. The third-order valence-electron chi connectivity index (χ3n) is 0.369. The van der Waals surface area contributed by atoms with E-state index in [2.05, 4.69) is 23.6 Å². The molecule has 0 aliphatic heterocycles. The van der Waals surface area contributed by atoms with Crippen molar-refractivity contribution < 1.29 is 4.63 Å². The highest BCUT2D eigenvalue weighted by Crippen LogP contribution is 1.56. The second-order valence-electron chi connectivity index (χ2n) is 1.50. The normalized spacial score (nSPS) is 6.91. The smallest absolute Gasteiger partial charge is 0.267 e. The quantitative estimate of drug-likeness (QED) is 0.629. The van der Waals surface area contributed by atoms with Gasteiger partial charge in [-0.2, -0.15) is 5.16 Å². The van der Waals surface area contributed by atoms with Crippen LogP contribution in [0.15, 0.2) is 15.6 Å². The molecule has 0 aromatic carbocycles. The summed E-state index contributed by atoms with van der Waals surface area (Å²) >= 11 is 0. The molecule has 0 atom stereocenters. The van der Waals surface area contributed by atoms with Gasteiger partial charge in [0, 0.05) is 0 Å². The third kappa shape index (κ3) is 12.2. The number of nitrogens with one attached hydrogen (secondary N) is 1. The van der Waals surface area contributed by atoms with E-state index in [-0.39, 0.29) is 5.56 Å². The van der Waals surface area contributed by atoms with Gasteiger partial charge >= 0.3 is 5.56 Å². The zero-order valence-electron chi connectivity index (χ0n) is 7.55. The third-order valence-corrected chi connectivity index (χ3v) is 0.369. The maximum Gasteiger partial charge on any atom is 0.300 e. The maximum absolute atomic E-state index is 9.86. The highest BCUT2D eigenvalue weighted by atomic mass is 16.6. The number of hydrogen-bond donors (Lipinski definition) is 1. The number of rotatable bonds is 0. The molecule has 1 aromatic heterocycles. The molecule has 1 heterocycles. The van der Waals surface area contributed by atoms with Crippen molar-refractivity contribution in [1.82, 2.24) is 10.3 Å². The largest absolute Gasteiger partial charge is 0.300 e. The lowest BCUT2D eigenvalue weighted by molar-refractivity contribution is 0.303. The minimum atomic E-state index is -0.310. The number of hydrogen-bond acceptors (Lipinski definition) is 3. The fourth-order valence-corrected chi connectivity index (χ4v) is 0.172. The van der Waals surface area contributed by atoms with Gasteiger partial charge in [0.05, 0.1) is 0 Å². The van der Waals surface area contributed by atoms with Crippen molar-refractivity contribution in [3.05, 3.63) is 16.6 Å². The van der Waals surface area contributed by atoms with Crippen molar-refractivity contribution in [3.8, 4) is 0 Å². The Balaban J connectivity index is 0. The zero-order valence-corrected chi connectivity index (χ0v) is 7.55. The maximum atomic E-state index is 9.86. The van der Waals surface area contributed by atoms with Crippen molar-refractivity contribution in [2.45, 2.75) is 34.1 Å². The first-order valence-electron chi connectivity index (χ1n) is 3.80. The van der Waals surface area contributed by atoms with Crippen LogP contribution in [0.4, 0.5) is 0 Å². The molecule has 0 saturated heterocycles. The summed E-state index contributed by atoms with van der Waals surface area (Å²) in [5.41, 5.74) is -0.310. The van der Waals surface area contributed by atoms with Crippen LogP contribution in [0.5, 0.6) is 0 Å². The first-order chi connectivity index (χ1) is 5.31. The van der Waals surface area contributed by atoms with Gasteiger partial charge in [-0.05, 0) is 0 Å². The summed E-state index contributed by atoms with van der Waals surface area (Å²) in [6.07, 6.45) is 2.31. The van der Waals surface area contributed by atoms with E-state index in [1.54, 1.807) is 0 Å². The highest BCUT2D eigenvalue weighted by Gasteiger charge is 1.74. The summed E-state index contributed by atoms with van der Waals surface area (Å²) in [6, 6.07) is 0. The predicted molar refractivity (Wildman–Crippen MR) is 44.4 cm³/mol. The lowest BCUT2D eigenvalue weighted by atomic mass is 10.6. The van der Waals surface area contributed by atoms with Crippen molar-refractivity contribution in [1.29, 1.82) is 0 Å². The molecule has 4 nitrogen and oxygen atoms in total. The van der Waals surface area contributed by atoms with E-state index in [9.17, 15) is 4.79 Å². The average Bonchev–Trinajstić information content (AvgIpc) is 2.46. The van der Waals surface area contributed by atoms with Gasteiger partial charge in [-0.25, -0.2) is 0 Å². The van der Waals surface area contributed by atoms with Crippen LogP contribution in [-0.2, 0) is 0 Å². The second-order valence-corrected chi connectivity index (χ2v) is 1.50. The van der Waals surface area contributed by atoms with Crippen LogP contribution in [0.2, 0.25) is 0 Å². The number of aromatic amines is 1. The summed E-state index contributed by atoms with van der Waals surface area (Å²) in [7, 11) is 0. The van der Waals surface area contributed by atoms with Gasteiger partial charge in [0.1, 0.15) is 6.20 Å². The van der Waals surface area contributed by atoms with Gasteiger partial charge in [0.15, 0.2) is 0 Å². The van der Waals surface area contributed by atoms with E-state index in [4.69, 9.17) is 0 Å². The highest BCUT2D eigenvalue weighted by molar-refractivity contribution is 4.57. The van der Waals surface area contributed by atoms with Crippen LogP contribution in [-0.4, -0.2) is 10.3 Å². The Bertz CT molecular complexity index is 164. The monoisotopic (exact) mass is 160 g/mol. The zero-order chi connectivity index (χ0) is 9.11. The van der Waals surface area contributed by atoms with E-state index in [1.807, 2.05) is 19.0 Å². The summed E-state index contributed by atoms with van der Waals surface area (Å²) in [5.74, 6) is 0. The molecule has 11 heavy (non-hydrogen) atoms. The number of H-pyrrole nitrogens is 1. The molecule has 4 heteroatoms. The molecule has 0 aliphatic rings. The van der Waals surface area contributed by atoms with Crippen LogP contribution in [0, 0.1) is 0 Å². The Morgan fingerprint density at radius 1 is 1.55 bits per heavy atom. The lowest BCUT2D eigenvalue weighted by Crippen LogP contribution is -1.92. The Labute approximate surface area is 66.6 Å².